The number of amides is 1. The maximum atomic E-state index is 14.1. The molecule has 1 unspecified atom stereocenters. The fourth-order valence-electron chi connectivity index (χ4n) is 2.57. The van der Waals surface area contributed by atoms with E-state index in [-0.39, 0.29) is 12.1 Å². The number of rotatable bonds is 8. The molecule has 0 saturated carbocycles. The van der Waals surface area contributed by atoms with Crippen molar-refractivity contribution in [3.8, 4) is 11.3 Å². The second-order valence-corrected chi connectivity index (χ2v) is 8.92. The molecule has 0 fully saturated rings. The Balaban J connectivity index is 1.77. The van der Waals surface area contributed by atoms with Crippen molar-refractivity contribution < 1.29 is 17.6 Å². The number of carbonyl (C=O) groups is 1. The van der Waals surface area contributed by atoms with E-state index >= 15 is 0 Å². The number of nitrogens with zero attached hydrogens (tertiary/aromatic N) is 2. The van der Waals surface area contributed by atoms with Crippen LogP contribution in [-0.4, -0.2) is 30.8 Å². The van der Waals surface area contributed by atoms with Crippen LogP contribution in [-0.2, 0) is 10.0 Å². The summed E-state index contributed by atoms with van der Waals surface area (Å²) in [6.45, 7) is 5.12. The number of thiazole rings is 1. The highest BCUT2D eigenvalue weighted by atomic mass is 32.2. The summed E-state index contributed by atoms with van der Waals surface area (Å²) in [5.74, 6) is -1.49. The third-order valence-corrected chi connectivity index (χ3v) is 6.56. The van der Waals surface area contributed by atoms with Gasteiger partial charge in [-0.3, -0.25) is 9.78 Å². The fraction of sp³-hybridized carbons (Fsp3) is 0.150. The van der Waals surface area contributed by atoms with Crippen LogP contribution in [0.1, 0.15) is 28.3 Å². The first-order chi connectivity index (χ1) is 14.3. The smallest absolute Gasteiger partial charge is 0.251 e. The number of sulfonamides is 1. The molecule has 0 bridgehead atoms. The SMILES string of the molecule is C=CCNS(=O)(=O)c1cc(C(=O)NC(C)c2nc(-c3cccnc3)cs2)ccc1F. The predicted molar refractivity (Wildman–Crippen MR) is 113 cm³/mol. The van der Waals surface area contributed by atoms with Crippen molar-refractivity contribution in [2.45, 2.75) is 17.9 Å². The van der Waals surface area contributed by atoms with Crippen molar-refractivity contribution in [2.24, 2.45) is 0 Å². The van der Waals surface area contributed by atoms with E-state index in [1.165, 1.54) is 23.5 Å². The Hall–Kier alpha value is -2.95. The second-order valence-electron chi connectivity index (χ2n) is 6.29. The van der Waals surface area contributed by atoms with Gasteiger partial charge >= 0.3 is 0 Å². The first-order valence-corrected chi connectivity index (χ1v) is 11.2. The van der Waals surface area contributed by atoms with Crippen molar-refractivity contribution in [3.63, 3.8) is 0 Å². The molecule has 0 saturated heterocycles. The third kappa shape index (κ3) is 4.96. The van der Waals surface area contributed by atoms with E-state index in [1.54, 1.807) is 19.3 Å². The van der Waals surface area contributed by atoms with Crippen molar-refractivity contribution in [2.75, 3.05) is 6.54 Å². The molecule has 0 aliphatic rings. The van der Waals surface area contributed by atoms with Crippen LogP contribution in [0.3, 0.4) is 0 Å². The fourth-order valence-corrected chi connectivity index (χ4v) is 4.51. The second kappa shape index (κ2) is 9.24. The summed E-state index contributed by atoms with van der Waals surface area (Å²) >= 11 is 1.38. The van der Waals surface area contributed by atoms with Gasteiger partial charge in [-0.1, -0.05) is 6.08 Å². The number of benzene rings is 1. The van der Waals surface area contributed by atoms with E-state index < -0.39 is 32.7 Å². The topological polar surface area (TPSA) is 101 Å². The molecule has 1 aromatic carbocycles. The van der Waals surface area contributed by atoms with Crippen molar-refractivity contribution in [1.29, 1.82) is 0 Å². The van der Waals surface area contributed by atoms with Gasteiger partial charge in [0, 0.05) is 35.4 Å². The van der Waals surface area contributed by atoms with Gasteiger partial charge in [-0.2, -0.15) is 0 Å². The average Bonchev–Trinajstić information content (AvgIpc) is 3.23. The third-order valence-electron chi connectivity index (χ3n) is 4.10. The van der Waals surface area contributed by atoms with E-state index in [9.17, 15) is 17.6 Å². The Kier molecular flexibility index (Phi) is 6.70. The number of aromatic nitrogens is 2. The summed E-state index contributed by atoms with van der Waals surface area (Å²) < 4.78 is 40.7. The quantitative estimate of drug-likeness (QED) is 0.517. The Morgan fingerprint density at radius 2 is 2.17 bits per heavy atom. The molecule has 0 radical (unpaired) electrons. The Morgan fingerprint density at radius 1 is 1.37 bits per heavy atom. The molecule has 156 valence electrons. The zero-order valence-corrected chi connectivity index (χ0v) is 17.6. The number of nitrogens with one attached hydrogen (secondary N) is 2. The number of hydrogen-bond donors (Lipinski definition) is 2. The Labute approximate surface area is 177 Å². The minimum absolute atomic E-state index is 0.0197. The van der Waals surface area contributed by atoms with Crippen LogP contribution < -0.4 is 10.0 Å². The van der Waals surface area contributed by atoms with Crippen molar-refractivity contribution in [3.05, 3.63) is 77.1 Å². The van der Waals surface area contributed by atoms with Crippen LogP contribution in [0, 0.1) is 5.82 Å². The van der Waals surface area contributed by atoms with Crippen molar-refractivity contribution >= 4 is 27.3 Å². The molecule has 0 aliphatic carbocycles. The van der Waals surface area contributed by atoms with E-state index in [0.29, 0.717) is 5.01 Å². The van der Waals surface area contributed by atoms with Crippen LogP contribution >= 0.6 is 11.3 Å². The largest absolute Gasteiger partial charge is 0.343 e. The monoisotopic (exact) mass is 446 g/mol. The molecule has 2 N–H and O–H groups in total. The number of carbonyl (C=O) groups excluding carboxylic acids is 1. The maximum Gasteiger partial charge on any atom is 0.251 e. The molecular formula is C20H19FN4O3S2. The highest BCUT2D eigenvalue weighted by molar-refractivity contribution is 7.89. The van der Waals surface area contributed by atoms with E-state index in [4.69, 9.17) is 0 Å². The van der Waals surface area contributed by atoms with Crippen LogP contribution in [0.25, 0.3) is 11.3 Å². The van der Waals surface area contributed by atoms with Gasteiger partial charge in [0.25, 0.3) is 5.91 Å². The summed E-state index contributed by atoms with van der Waals surface area (Å²) in [6, 6.07) is 6.45. The number of halogens is 1. The molecule has 7 nitrogen and oxygen atoms in total. The molecule has 3 rings (SSSR count). The van der Waals surface area contributed by atoms with Gasteiger partial charge in [0.15, 0.2) is 0 Å². The zero-order chi connectivity index (χ0) is 21.7. The summed E-state index contributed by atoms with van der Waals surface area (Å²) in [5.41, 5.74) is 1.62. The maximum absolute atomic E-state index is 14.1. The summed E-state index contributed by atoms with van der Waals surface area (Å²) in [7, 11) is -4.11. The lowest BCUT2D eigenvalue weighted by molar-refractivity contribution is 0.0939. The van der Waals surface area contributed by atoms with Gasteiger partial charge < -0.3 is 5.32 Å². The standard InChI is InChI=1S/C20H19FN4O3S2/c1-3-8-23-30(27,28)18-10-14(6-7-16(18)21)19(26)24-13(2)20-25-17(12-29-20)15-5-4-9-22-11-15/h3-7,9-13,23H,1,8H2,2H3,(H,24,26). The molecule has 10 heteroatoms. The molecule has 30 heavy (non-hydrogen) atoms. The molecule has 2 heterocycles. The first-order valence-electron chi connectivity index (χ1n) is 8.88. The van der Waals surface area contributed by atoms with Gasteiger partial charge in [-0.15, -0.1) is 17.9 Å². The van der Waals surface area contributed by atoms with Crippen LogP contribution in [0.5, 0.6) is 0 Å². The molecule has 0 aliphatic heterocycles. The van der Waals surface area contributed by atoms with Gasteiger partial charge in [-0.05, 0) is 37.3 Å². The summed E-state index contributed by atoms with van der Waals surface area (Å²) in [5, 5.41) is 5.29. The average molecular weight is 447 g/mol. The molecule has 3 aromatic rings. The lowest BCUT2D eigenvalue weighted by Gasteiger charge is -2.13. The lowest BCUT2D eigenvalue weighted by Crippen LogP contribution is -2.28. The van der Waals surface area contributed by atoms with Gasteiger partial charge in [0.05, 0.1) is 11.7 Å². The molecule has 2 aromatic heterocycles. The Morgan fingerprint density at radius 3 is 2.87 bits per heavy atom. The highest BCUT2D eigenvalue weighted by Crippen LogP contribution is 2.25. The first kappa shape index (κ1) is 21.8. The van der Waals surface area contributed by atoms with Crippen LogP contribution in [0.2, 0.25) is 0 Å². The summed E-state index contributed by atoms with van der Waals surface area (Å²) in [6.07, 6.45) is 4.70. The number of hydrogen-bond acceptors (Lipinski definition) is 6. The normalized spacial score (nSPS) is 12.3. The van der Waals surface area contributed by atoms with Crippen molar-refractivity contribution in [1.82, 2.24) is 20.0 Å². The zero-order valence-electron chi connectivity index (χ0n) is 16.0. The van der Waals surface area contributed by atoms with Gasteiger partial charge in [-0.25, -0.2) is 22.5 Å². The van der Waals surface area contributed by atoms with Crippen LogP contribution in [0.15, 0.2) is 65.7 Å². The molecule has 1 atom stereocenters. The van der Waals surface area contributed by atoms with Gasteiger partial charge in [0.2, 0.25) is 10.0 Å². The molecular weight excluding hydrogens is 427 g/mol. The predicted octanol–water partition coefficient (Wildman–Crippen LogP) is 3.30. The van der Waals surface area contributed by atoms with E-state index in [1.807, 2.05) is 17.5 Å². The van der Waals surface area contributed by atoms with Gasteiger partial charge in [0.1, 0.15) is 15.7 Å². The van der Waals surface area contributed by atoms with E-state index in [2.05, 4.69) is 26.6 Å². The number of pyridine rings is 1. The molecule has 0 spiro atoms. The Bertz CT molecular complexity index is 1160. The summed E-state index contributed by atoms with van der Waals surface area (Å²) in [4.78, 5) is 20.6. The minimum Gasteiger partial charge on any atom is -0.343 e. The van der Waals surface area contributed by atoms with E-state index in [0.717, 1.165) is 23.4 Å². The molecule has 1 amide bonds. The van der Waals surface area contributed by atoms with Crippen LogP contribution in [0.4, 0.5) is 4.39 Å². The lowest BCUT2D eigenvalue weighted by atomic mass is 10.2. The highest BCUT2D eigenvalue weighted by Gasteiger charge is 2.22. The minimum atomic E-state index is -4.11.